The highest BCUT2D eigenvalue weighted by molar-refractivity contribution is 5.82. The van der Waals surface area contributed by atoms with Crippen LogP contribution in [0.5, 0.6) is 0 Å². The Bertz CT molecular complexity index is 966. The molecule has 25 heavy (non-hydrogen) atoms. The molecule has 2 aliphatic rings. The number of rotatable bonds is 1. The number of hydrogen-bond donors (Lipinski definition) is 1. The van der Waals surface area contributed by atoms with Crippen molar-refractivity contribution in [1.29, 1.82) is 0 Å². The predicted molar refractivity (Wildman–Crippen MR) is 99.3 cm³/mol. The maximum atomic E-state index is 4.52. The lowest BCUT2D eigenvalue weighted by Gasteiger charge is -2.30. The van der Waals surface area contributed by atoms with Gasteiger partial charge in [0.1, 0.15) is 12.4 Å². The molecule has 1 atom stereocenters. The summed E-state index contributed by atoms with van der Waals surface area (Å²) in [6, 6.07) is 17.6. The summed E-state index contributed by atoms with van der Waals surface area (Å²) in [5, 5.41) is 8.08. The number of nitrogens with one attached hydrogen (secondary N) is 1. The van der Waals surface area contributed by atoms with Crippen molar-refractivity contribution in [3.63, 3.8) is 0 Å². The summed E-state index contributed by atoms with van der Waals surface area (Å²) in [6.07, 6.45) is 4.97. The van der Waals surface area contributed by atoms with Gasteiger partial charge in [0.05, 0.1) is 5.70 Å². The number of hydrogen-bond acceptors (Lipinski definition) is 3. The van der Waals surface area contributed by atoms with Gasteiger partial charge in [-0.1, -0.05) is 54.1 Å². The first-order chi connectivity index (χ1) is 12.3. The summed E-state index contributed by atoms with van der Waals surface area (Å²) in [7, 11) is 0. The molecular formula is C21H20N4. The molecule has 1 aliphatic heterocycles. The Kier molecular flexibility index (Phi) is 3.23. The molecule has 0 saturated heterocycles. The van der Waals surface area contributed by atoms with Crippen molar-refractivity contribution in [3.8, 4) is 0 Å². The molecule has 0 spiro atoms. The number of aryl methyl sites for hydroxylation is 2. The van der Waals surface area contributed by atoms with Crippen LogP contribution in [0.1, 0.15) is 41.1 Å². The number of fused-ring (bicyclic) bond motifs is 3. The molecule has 1 aliphatic carbocycles. The molecule has 0 radical (unpaired) electrons. The van der Waals surface area contributed by atoms with Gasteiger partial charge in [-0.25, -0.2) is 4.68 Å². The van der Waals surface area contributed by atoms with Gasteiger partial charge >= 0.3 is 0 Å². The van der Waals surface area contributed by atoms with Crippen LogP contribution in [0.3, 0.4) is 0 Å². The van der Waals surface area contributed by atoms with E-state index >= 15 is 0 Å². The number of nitrogens with zero attached hydrogens (tertiary/aromatic N) is 3. The summed E-state index contributed by atoms with van der Waals surface area (Å²) in [6.45, 7) is 2.12. The SMILES string of the molecule is Cc1ccc([C@@H]2C3=C(Nc4ncnn42)c2ccccc2CCC3)cc1. The Morgan fingerprint density at radius 3 is 2.76 bits per heavy atom. The molecule has 0 bridgehead atoms. The van der Waals surface area contributed by atoms with Crippen LogP contribution < -0.4 is 5.32 Å². The minimum atomic E-state index is 0.112. The van der Waals surface area contributed by atoms with Crippen LogP contribution in [0, 0.1) is 6.92 Å². The zero-order valence-electron chi connectivity index (χ0n) is 14.2. The van der Waals surface area contributed by atoms with Gasteiger partial charge in [0, 0.05) is 5.56 Å². The van der Waals surface area contributed by atoms with Crippen molar-refractivity contribution in [3.05, 3.63) is 82.7 Å². The fourth-order valence-corrected chi connectivity index (χ4v) is 4.05. The monoisotopic (exact) mass is 328 g/mol. The molecule has 0 fully saturated rings. The van der Waals surface area contributed by atoms with Crippen LogP contribution in [0.4, 0.5) is 5.95 Å². The van der Waals surface area contributed by atoms with Crippen LogP contribution in [-0.4, -0.2) is 14.8 Å². The Hall–Kier alpha value is -2.88. The van der Waals surface area contributed by atoms with Gasteiger partial charge in [0.15, 0.2) is 0 Å². The minimum Gasteiger partial charge on any atom is -0.324 e. The van der Waals surface area contributed by atoms with Crippen LogP contribution >= 0.6 is 0 Å². The third-order valence-electron chi connectivity index (χ3n) is 5.28. The van der Waals surface area contributed by atoms with Crippen molar-refractivity contribution in [1.82, 2.24) is 14.8 Å². The van der Waals surface area contributed by atoms with Crippen LogP contribution in [0.15, 0.2) is 60.4 Å². The zero-order valence-corrected chi connectivity index (χ0v) is 14.2. The lowest BCUT2D eigenvalue weighted by atomic mass is 9.91. The van der Waals surface area contributed by atoms with Crippen molar-refractivity contribution >= 4 is 11.6 Å². The third kappa shape index (κ3) is 2.29. The first kappa shape index (κ1) is 14.5. The van der Waals surface area contributed by atoms with Gasteiger partial charge in [-0.3, -0.25) is 0 Å². The molecule has 4 heteroatoms. The quantitative estimate of drug-likeness (QED) is 0.722. The normalized spacial score (nSPS) is 18.7. The summed E-state index contributed by atoms with van der Waals surface area (Å²) >= 11 is 0. The largest absolute Gasteiger partial charge is 0.324 e. The van der Waals surface area contributed by atoms with Gasteiger partial charge in [0.25, 0.3) is 0 Å². The first-order valence-electron chi connectivity index (χ1n) is 8.85. The predicted octanol–water partition coefficient (Wildman–Crippen LogP) is 4.35. The zero-order chi connectivity index (χ0) is 16.8. The summed E-state index contributed by atoms with van der Waals surface area (Å²) in [5.74, 6) is 0.820. The molecule has 5 rings (SSSR count). The molecule has 124 valence electrons. The van der Waals surface area contributed by atoms with E-state index in [-0.39, 0.29) is 6.04 Å². The molecule has 0 saturated carbocycles. The number of aromatic nitrogens is 3. The van der Waals surface area contributed by atoms with E-state index < -0.39 is 0 Å². The molecule has 4 nitrogen and oxygen atoms in total. The lowest BCUT2D eigenvalue weighted by molar-refractivity contribution is 0.562. The average Bonchev–Trinajstić information content (AvgIpc) is 3.02. The average molecular weight is 328 g/mol. The summed E-state index contributed by atoms with van der Waals surface area (Å²) in [4.78, 5) is 4.45. The first-order valence-corrected chi connectivity index (χ1v) is 8.85. The lowest BCUT2D eigenvalue weighted by Crippen LogP contribution is -2.25. The molecule has 0 unspecified atom stereocenters. The number of allylic oxidation sites excluding steroid dienone is 1. The second-order valence-electron chi connectivity index (χ2n) is 6.88. The minimum absolute atomic E-state index is 0.112. The maximum Gasteiger partial charge on any atom is 0.226 e. The molecule has 1 N–H and O–H groups in total. The van der Waals surface area contributed by atoms with E-state index in [0.29, 0.717) is 0 Å². The smallest absolute Gasteiger partial charge is 0.226 e. The Balaban J connectivity index is 1.74. The summed E-state index contributed by atoms with van der Waals surface area (Å²) in [5.41, 5.74) is 7.89. The van der Waals surface area contributed by atoms with E-state index in [1.807, 2.05) is 4.68 Å². The van der Waals surface area contributed by atoms with Crippen molar-refractivity contribution in [2.75, 3.05) is 5.32 Å². The maximum absolute atomic E-state index is 4.52. The van der Waals surface area contributed by atoms with E-state index in [0.717, 1.165) is 25.2 Å². The fraction of sp³-hybridized carbons (Fsp3) is 0.238. The molecule has 0 amide bonds. The fourth-order valence-electron chi connectivity index (χ4n) is 4.05. The highest BCUT2D eigenvalue weighted by Crippen LogP contribution is 2.42. The number of anilines is 1. The van der Waals surface area contributed by atoms with E-state index in [2.05, 4.69) is 70.9 Å². The Labute approximate surface area is 147 Å². The molecule has 2 heterocycles. The van der Waals surface area contributed by atoms with Gasteiger partial charge in [-0.05, 0) is 42.9 Å². The molecule has 1 aromatic heterocycles. The molecule has 2 aromatic carbocycles. The van der Waals surface area contributed by atoms with Crippen LogP contribution in [-0.2, 0) is 6.42 Å². The summed E-state index contributed by atoms with van der Waals surface area (Å²) < 4.78 is 2.03. The molecule has 3 aromatic rings. The number of benzene rings is 2. The van der Waals surface area contributed by atoms with E-state index in [1.165, 1.54) is 33.5 Å². The van der Waals surface area contributed by atoms with Crippen molar-refractivity contribution < 1.29 is 0 Å². The van der Waals surface area contributed by atoms with Crippen molar-refractivity contribution in [2.24, 2.45) is 0 Å². The van der Waals surface area contributed by atoms with E-state index in [1.54, 1.807) is 6.33 Å². The van der Waals surface area contributed by atoms with Gasteiger partial charge in [-0.15, -0.1) is 0 Å². The second-order valence-corrected chi connectivity index (χ2v) is 6.88. The highest BCUT2D eigenvalue weighted by Gasteiger charge is 2.32. The van der Waals surface area contributed by atoms with E-state index in [9.17, 15) is 0 Å². The second kappa shape index (κ2) is 5.59. The topological polar surface area (TPSA) is 42.7 Å². The van der Waals surface area contributed by atoms with Gasteiger partial charge < -0.3 is 5.32 Å². The highest BCUT2D eigenvalue weighted by atomic mass is 15.4. The third-order valence-corrected chi connectivity index (χ3v) is 5.28. The van der Waals surface area contributed by atoms with Gasteiger partial charge in [-0.2, -0.15) is 10.1 Å². The molecular weight excluding hydrogens is 308 g/mol. The van der Waals surface area contributed by atoms with Crippen molar-refractivity contribution in [2.45, 2.75) is 32.2 Å². The standard InChI is InChI=1S/C21H20N4/c1-14-9-11-16(12-10-14)20-18-8-4-6-15-5-2-3-7-17(15)19(18)24-21-22-13-23-25(20)21/h2-3,5,7,9-13,20H,4,6,8H2,1H3,(H,22,23,24)/t20-/m1/s1. The van der Waals surface area contributed by atoms with Crippen LogP contribution in [0.2, 0.25) is 0 Å². The van der Waals surface area contributed by atoms with Gasteiger partial charge in [0.2, 0.25) is 5.95 Å². The van der Waals surface area contributed by atoms with Crippen LogP contribution in [0.25, 0.3) is 5.70 Å². The Morgan fingerprint density at radius 1 is 1.04 bits per heavy atom. The Morgan fingerprint density at radius 2 is 1.88 bits per heavy atom. The van der Waals surface area contributed by atoms with E-state index in [4.69, 9.17) is 0 Å².